The lowest BCUT2D eigenvalue weighted by atomic mass is 9.98. The first-order valence-electron chi connectivity index (χ1n) is 11.8. The Kier molecular flexibility index (Phi) is 7.05. The first-order valence-corrected chi connectivity index (χ1v) is 12.7. The number of benzene rings is 3. The molecule has 2 atom stereocenters. The number of aryl methyl sites for hydroxylation is 1. The predicted octanol–water partition coefficient (Wildman–Crippen LogP) is 5.32. The molecule has 0 saturated heterocycles. The van der Waals surface area contributed by atoms with Crippen molar-refractivity contribution in [2.45, 2.75) is 31.1 Å². The minimum atomic E-state index is -0.711. The molecule has 0 fully saturated rings. The summed E-state index contributed by atoms with van der Waals surface area (Å²) in [6.45, 7) is 2.03. The highest BCUT2D eigenvalue weighted by Gasteiger charge is 2.39. The number of carbonyl (C=O) groups excluding carboxylic acids is 2. The van der Waals surface area contributed by atoms with Crippen molar-refractivity contribution >= 4 is 40.1 Å². The van der Waals surface area contributed by atoms with Crippen LogP contribution in [0.1, 0.15) is 35.6 Å². The van der Waals surface area contributed by atoms with Gasteiger partial charge in [-0.25, -0.2) is 9.40 Å². The molecule has 9 heteroatoms. The Morgan fingerprint density at radius 2 is 1.84 bits per heavy atom. The zero-order valence-electron chi connectivity index (χ0n) is 20.3. The molecule has 3 aromatic rings. The Balaban J connectivity index is 1.36. The Labute approximate surface area is 218 Å². The van der Waals surface area contributed by atoms with E-state index in [1.165, 1.54) is 23.9 Å². The van der Waals surface area contributed by atoms with Crippen LogP contribution in [0.2, 0.25) is 0 Å². The smallest absolute Gasteiger partial charge is 0.262 e. The van der Waals surface area contributed by atoms with Crippen molar-refractivity contribution in [1.29, 1.82) is 0 Å². The normalized spacial score (nSPS) is 19.0. The fraction of sp³-hybridized carbons (Fsp3) is 0.214. The fourth-order valence-electron chi connectivity index (χ4n) is 4.23. The SMILES string of the molecule is COc1ccc([C@@H]2CC(c3ccc(C)cc3)=NN2C2=NC(=O)[C@H](CC(=O)Nc3ccccc3F)S2)cc1. The Morgan fingerprint density at radius 3 is 2.54 bits per heavy atom. The molecule has 5 rings (SSSR count). The first kappa shape index (κ1) is 24.7. The number of hydrogen-bond acceptors (Lipinski definition) is 6. The molecule has 0 spiro atoms. The molecule has 2 aliphatic rings. The van der Waals surface area contributed by atoms with E-state index < -0.39 is 22.9 Å². The number of thioether (sulfide) groups is 1. The molecular weight excluding hydrogens is 491 g/mol. The number of para-hydroxylation sites is 1. The van der Waals surface area contributed by atoms with E-state index in [9.17, 15) is 14.0 Å². The third-order valence-corrected chi connectivity index (χ3v) is 7.38. The Bertz CT molecular complexity index is 1390. The number of nitrogens with zero attached hydrogens (tertiary/aromatic N) is 3. The van der Waals surface area contributed by atoms with Crippen LogP contribution in [0.5, 0.6) is 5.75 Å². The van der Waals surface area contributed by atoms with Gasteiger partial charge in [-0.3, -0.25) is 9.59 Å². The highest BCUT2D eigenvalue weighted by molar-refractivity contribution is 8.15. The molecule has 3 aromatic carbocycles. The van der Waals surface area contributed by atoms with Gasteiger partial charge in [0.2, 0.25) is 5.91 Å². The maximum absolute atomic E-state index is 13.9. The number of hydrazone groups is 1. The van der Waals surface area contributed by atoms with Crippen LogP contribution in [0, 0.1) is 12.7 Å². The summed E-state index contributed by atoms with van der Waals surface area (Å²) in [5.41, 5.74) is 4.13. The fourth-order valence-corrected chi connectivity index (χ4v) is 5.29. The number of anilines is 1. The summed E-state index contributed by atoms with van der Waals surface area (Å²) < 4.78 is 19.2. The standard InChI is InChI=1S/C28H25FN4O3S/c1-17-7-9-18(10-8-17)23-15-24(19-11-13-20(36-2)14-12-19)33(32-23)28-31-27(35)25(37-28)16-26(34)30-22-6-4-3-5-21(22)29/h3-14,24-25H,15-16H2,1-2H3,(H,30,34)/t24-,25-/m0/s1. The quantitative estimate of drug-likeness (QED) is 0.480. The third-order valence-electron chi connectivity index (χ3n) is 6.24. The van der Waals surface area contributed by atoms with Gasteiger partial charge in [-0.15, -0.1) is 0 Å². The van der Waals surface area contributed by atoms with Crippen LogP contribution < -0.4 is 10.1 Å². The summed E-state index contributed by atoms with van der Waals surface area (Å²) >= 11 is 1.20. The molecule has 0 unspecified atom stereocenters. The summed E-state index contributed by atoms with van der Waals surface area (Å²) in [5.74, 6) is -0.646. The number of aliphatic imine (C=N–C) groups is 1. The predicted molar refractivity (Wildman–Crippen MR) is 143 cm³/mol. The van der Waals surface area contributed by atoms with E-state index in [1.54, 1.807) is 24.3 Å². The molecular formula is C28H25FN4O3S. The van der Waals surface area contributed by atoms with E-state index in [-0.39, 0.29) is 18.2 Å². The molecule has 0 aromatic heterocycles. The molecule has 2 amide bonds. The van der Waals surface area contributed by atoms with Crippen LogP contribution in [0.15, 0.2) is 82.9 Å². The van der Waals surface area contributed by atoms with E-state index in [0.717, 1.165) is 28.2 Å². The highest BCUT2D eigenvalue weighted by Crippen LogP contribution is 2.39. The number of nitrogens with one attached hydrogen (secondary N) is 1. The number of hydrogen-bond donors (Lipinski definition) is 1. The lowest BCUT2D eigenvalue weighted by Gasteiger charge is -2.23. The van der Waals surface area contributed by atoms with Gasteiger partial charge in [0.15, 0.2) is 5.17 Å². The van der Waals surface area contributed by atoms with Crippen molar-refractivity contribution in [3.05, 3.63) is 95.3 Å². The molecule has 0 aliphatic carbocycles. The van der Waals surface area contributed by atoms with Gasteiger partial charge in [0.25, 0.3) is 5.91 Å². The van der Waals surface area contributed by atoms with Crippen LogP contribution in [-0.2, 0) is 9.59 Å². The van der Waals surface area contributed by atoms with Crippen LogP contribution in [0.4, 0.5) is 10.1 Å². The van der Waals surface area contributed by atoms with Crippen molar-refractivity contribution in [2.75, 3.05) is 12.4 Å². The molecule has 0 bridgehead atoms. The number of ether oxygens (including phenoxy) is 1. The number of methoxy groups -OCH3 is 1. The maximum Gasteiger partial charge on any atom is 0.262 e. The van der Waals surface area contributed by atoms with Gasteiger partial charge in [0, 0.05) is 12.8 Å². The molecule has 7 nitrogen and oxygen atoms in total. The highest BCUT2D eigenvalue weighted by atomic mass is 32.2. The topological polar surface area (TPSA) is 83.4 Å². The second-order valence-corrected chi connectivity index (χ2v) is 9.99. The van der Waals surface area contributed by atoms with Gasteiger partial charge in [-0.1, -0.05) is 65.9 Å². The van der Waals surface area contributed by atoms with Gasteiger partial charge in [0.1, 0.15) is 16.8 Å². The second kappa shape index (κ2) is 10.6. The molecule has 2 aliphatic heterocycles. The summed E-state index contributed by atoms with van der Waals surface area (Å²) in [5, 5.41) is 8.90. The van der Waals surface area contributed by atoms with E-state index in [2.05, 4.69) is 10.3 Å². The lowest BCUT2D eigenvalue weighted by Crippen LogP contribution is -2.25. The van der Waals surface area contributed by atoms with Gasteiger partial charge in [-0.2, -0.15) is 10.1 Å². The Morgan fingerprint density at radius 1 is 1.11 bits per heavy atom. The van der Waals surface area contributed by atoms with Gasteiger partial charge >= 0.3 is 0 Å². The van der Waals surface area contributed by atoms with E-state index in [4.69, 9.17) is 9.84 Å². The van der Waals surface area contributed by atoms with Gasteiger partial charge < -0.3 is 10.1 Å². The average molecular weight is 517 g/mol. The molecule has 37 heavy (non-hydrogen) atoms. The number of halogens is 1. The zero-order chi connectivity index (χ0) is 25.9. The molecule has 2 heterocycles. The second-order valence-electron chi connectivity index (χ2n) is 8.82. The largest absolute Gasteiger partial charge is 0.497 e. The summed E-state index contributed by atoms with van der Waals surface area (Å²) in [6, 6.07) is 21.6. The van der Waals surface area contributed by atoms with Gasteiger partial charge in [0.05, 0.1) is 24.6 Å². The van der Waals surface area contributed by atoms with Crippen molar-refractivity contribution in [2.24, 2.45) is 10.1 Å². The zero-order valence-corrected chi connectivity index (χ0v) is 21.2. The van der Waals surface area contributed by atoms with E-state index >= 15 is 0 Å². The van der Waals surface area contributed by atoms with Crippen molar-refractivity contribution in [3.8, 4) is 5.75 Å². The molecule has 1 N–H and O–H groups in total. The van der Waals surface area contributed by atoms with Crippen LogP contribution in [-0.4, -0.2) is 40.1 Å². The number of amidine groups is 1. The van der Waals surface area contributed by atoms with Crippen molar-refractivity contribution < 1.29 is 18.7 Å². The Hall–Kier alpha value is -3.98. The van der Waals surface area contributed by atoms with Crippen LogP contribution in [0.25, 0.3) is 0 Å². The lowest BCUT2D eigenvalue weighted by molar-refractivity contribution is -0.121. The monoisotopic (exact) mass is 516 g/mol. The molecule has 188 valence electrons. The molecule has 0 radical (unpaired) electrons. The summed E-state index contributed by atoms with van der Waals surface area (Å²) in [7, 11) is 1.62. The summed E-state index contributed by atoms with van der Waals surface area (Å²) in [6.07, 6.45) is 0.502. The van der Waals surface area contributed by atoms with E-state index in [1.807, 2.05) is 55.5 Å². The number of carbonyl (C=O) groups is 2. The van der Waals surface area contributed by atoms with Crippen LogP contribution in [0.3, 0.4) is 0 Å². The minimum Gasteiger partial charge on any atom is -0.497 e. The van der Waals surface area contributed by atoms with Gasteiger partial charge in [-0.05, 0) is 42.3 Å². The first-order chi connectivity index (χ1) is 17.9. The molecule has 0 saturated carbocycles. The third kappa shape index (κ3) is 5.41. The number of amides is 2. The maximum atomic E-state index is 13.9. The van der Waals surface area contributed by atoms with Crippen molar-refractivity contribution in [1.82, 2.24) is 5.01 Å². The van der Waals surface area contributed by atoms with Crippen LogP contribution >= 0.6 is 11.8 Å². The minimum absolute atomic E-state index is 0.0792. The van der Waals surface area contributed by atoms with E-state index in [0.29, 0.717) is 11.6 Å². The average Bonchev–Trinajstić information content (AvgIpc) is 3.50. The summed E-state index contributed by atoms with van der Waals surface area (Å²) in [4.78, 5) is 29.6. The van der Waals surface area contributed by atoms with Crippen molar-refractivity contribution in [3.63, 3.8) is 0 Å². The number of rotatable bonds is 6.